The average molecular weight is 414 g/mol. The second-order valence-electron chi connectivity index (χ2n) is 6.80. The van der Waals surface area contributed by atoms with Gasteiger partial charge in [0.05, 0.1) is 10.8 Å². The van der Waals surface area contributed by atoms with Gasteiger partial charge in [0.1, 0.15) is 5.82 Å². The van der Waals surface area contributed by atoms with Gasteiger partial charge in [-0.2, -0.15) is 0 Å². The van der Waals surface area contributed by atoms with Gasteiger partial charge < -0.3 is 11.2 Å². The van der Waals surface area contributed by atoms with Crippen LogP contribution in [0.3, 0.4) is 0 Å². The van der Waals surface area contributed by atoms with Crippen molar-refractivity contribution in [3.05, 3.63) is 59.9 Å². The van der Waals surface area contributed by atoms with E-state index in [2.05, 4.69) is 29.4 Å². The zero-order valence-electron chi connectivity index (χ0n) is 16.6. The molecule has 0 aliphatic carbocycles. The van der Waals surface area contributed by atoms with Crippen LogP contribution < -0.4 is 11.2 Å². The van der Waals surface area contributed by atoms with E-state index >= 15 is 0 Å². The Morgan fingerprint density at radius 3 is 2.59 bits per heavy atom. The molecule has 3 rings (SSSR count). The summed E-state index contributed by atoms with van der Waals surface area (Å²) in [5.74, 6) is 6.01. The molecule has 3 aromatic rings. The third-order valence-electron chi connectivity index (χ3n) is 4.79. The molecular formula is C21H24FN5OS. The van der Waals surface area contributed by atoms with E-state index in [4.69, 9.17) is 5.84 Å². The summed E-state index contributed by atoms with van der Waals surface area (Å²) in [6, 6.07) is 14.0. The van der Waals surface area contributed by atoms with E-state index in [0.717, 1.165) is 17.7 Å². The van der Waals surface area contributed by atoms with Crippen molar-refractivity contribution in [2.24, 2.45) is 0 Å². The normalized spacial score (nSPS) is 13.1. The second-order valence-corrected chi connectivity index (χ2v) is 8.11. The molecule has 1 amide bonds. The van der Waals surface area contributed by atoms with E-state index in [1.807, 2.05) is 24.3 Å². The molecule has 3 N–H and O–H groups in total. The number of halogens is 1. The summed E-state index contributed by atoms with van der Waals surface area (Å²) >= 11 is 1.17. The first kappa shape index (κ1) is 20.9. The van der Waals surface area contributed by atoms with E-state index < -0.39 is 11.1 Å². The Hall–Kier alpha value is -2.87. The van der Waals surface area contributed by atoms with Crippen molar-refractivity contribution in [2.45, 2.75) is 43.5 Å². The van der Waals surface area contributed by atoms with Crippen molar-refractivity contribution >= 4 is 23.4 Å². The predicted molar refractivity (Wildman–Crippen MR) is 115 cm³/mol. The van der Waals surface area contributed by atoms with Crippen molar-refractivity contribution in [3.63, 3.8) is 0 Å². The summed E-state index contributed by atoms with van der Waals surface area (Å²) in [7, 11) is 0. The van der Waals surface area contributed by atoms with Crippen molar-refractivity contribution in [3.8, 4) is 11.4 Å². The van der Waals surface area contributed by atoms with Gasteiger partial charge in [0, 0.05) is 5.69 Å². The number of carbonyl (C=O) groups excluding carboxylic acids is 1. The lowest BCUT2D eigenvalue weighted by atomic mass is 9.97. The molecule has 1 aromatic heterocycles. The van der Waals surface area contributed by atoms with Gasteiger partial charge in [0.2, 0.25) is 11.1 Å². The monoisotopic (exact) mass is 413 g/mol. The molecule has 6 nitrogen and oxygen atoms in total. The van der Waals surface area contributed by atoms with E-state index in [-0.39, 0.29) is 17.3 Å². The minimum absolute atomic E-state index is 0.166. The van der Waals surface area contributed by atoms with Gasteiger partial charge in [0.15, 0.2) is 5.82 Å². The third kappa shape index (κ3) is 4.59. The van der Waals surface area contributed by atoms with Crippen molar-refractivity contribution in [1.29, 1.82) is 0 Å². The summed E-state index contributed by atoms with van der Waals surface area (Å²) in [6.07, 6.45) is 0.978. The van der Waals surface area contributed by atoms with E-state index in [1.165, 1.54) is 22.5 Å². The summed E-state index contributed by atoms with van der Waals surface area (Å²) in [4.78, 5) is 12.7. The fraction of sp³-hybridized carbons (Fsp3) is 0.286. The Kier molecular flexibility index (Phi) is 6.53. The first-order chi connectivity index (χ1) is 13.9. The Balaban J connectivity index is 1.74. The minimum atomic E-state index is -0.472. The van der Waals surface area contributed by atoms with Crippen molar-refractivity contribution < 1.29 is 9.18 Å². The standard InChI is InChI=1S/C21H24FN5OS/c1-4-13(2)15-9-6-8-12-18(15)24-20(28)14(3)29-21-26-25-19(27(21)23)16-10-5-7-11-17(16)22/h5-14H,4,23H2,1-3H3,(H,24,28)/t13-,14+/m0/s1. The molecule has 29 heavy (non-hydrogen) atoms. The number of hydrogen-bond acceptors (Lipinski definition) is 5. The molecule has 8 heteroatoms. The number of anilines is 1. The van der Waals surface area contributed by atoms with Gasteiger partial charge in [-0.05, 0) is 43.0 Å². The fourth-order valence-corrected chi connectivity index (χ4v) is 3.66. The number of thioether (sulfide) groups is 1. The number of para-hydroxylation sites is 1. The Bertz CT molecular complexity index is 1010. The second kappa shape index (κ2) is 9.09. The van der Waals surface area contributed by atoms with Gasteiger partial charge in [0.25, 0.3) is 0 Å². The van der Waals surface area contributed by atoms with Crippen LogP contribution in [0, 0.1) is 5.82 Å². The SMILES string of the molecule is CC[C@H](C)c1ccccc1NC(=O)[C@@H](C)Sc1nnc(-c2ccccc2F)n1N. The molecule has 2 atom stereocenters. The molecular weight excluding hydrogens is 389 g/mol. The van der Waals surface area contributed by atoms with Gasteiger partial charge >= 0.3 is 0 Å². The van der Waals surface area contributed by atoms with Crippen LogP contribution in [0.25, 0.3) is 11.4 Å². The van der Waals surface area contributed by atoms with Crippen LogP contribution in [-0.2, 0) is 4.79 Å². The lowest BCUT2D eigenvalue weighted by Gasteiger charge is -2.17. The summed E-state index contributed by atoms with van der Waals surface area (Å²) in [5, 5.41) is 10.9. The number of nitrogens with two attached hydrogens (primary N) is 1. The van der Waals surface area contributed by atoms with E-state index in [1.54, 1.807) is 25.1 Å². The number of aromatic nitrogens is 3. The first-order valence-electron chi connectivity index (χ1n) is 9.44. The number of nitrogen functional groups attached to an aromatic ring is 1. The molecule has 2 aromatic carbocycles. The largest absolute Gasteiger partial charge is 0.335 e. The number of rotatable bonds is 7. The molecule has 0 saturated carbocycles. The van der Waals surface area contributed by atoms with Crippen LogP contribution in [0.2, 0.25) is 0 Å². The highest BCUT2D eigenvalue weighted by atomic mass is 32.2. The highest BCUT2D eigenvalue weighted by Crippen LogP contribution is 2.29. The van der Waals surface area contributed by atoms with E-state index in [0.29, 0.717) is 11.1 Å². The van der Waals surface area contributed by atoms with Crippen LogP contribution >= 0.6 is 11.8 Å². The minimum Gasteiger partial charge on any atom is -0.335 e. The van der Waals surface area contributed by atoms with E-state index in [9.17, 15) is 9.18 Å². The Labute approximate surface area is 173 Å². The van der Waals surface area contributed by atoms with Crippen LogP contribution in [-0.4, -0.2) is 26.0 Å². The maximum atomic E-state index is 14.0. The molecule has 0 radical (unpaired) electrons. The first-order valence-corrected chi connectivity index (χ1v) is 10.3. The molecule has 0 bridgehead atoms. The quantitative estimate of drug-likeness (QED) is 0.442. The lowest BCUT2D eigenvalue weighted by molar-refractivity contribution is -0.115. The smallest absolute Gasteiger partial charge is 0.237 e. The molecule has 0 spiro atoms. The molecule has 0 aliphatic rings. The van der Waals surface area contributed by atoms with Gasteiger partial charge in [-0.1, -0.05) is 55.9 Å². The highest BCUT2D eigenvalue weighted by Gasteiger charge is 2.22. The van der Waals surface area contributed by atoms with Crippen LogP contribution in [0.4, 0.5) is 10.1 Å². The lowest BCUT2D eigenvalue weighted by Crippen LogP contribution is -2.24. The summed E-state index contributed by atoms with van der Waals surface area (Å²) in [6.45, 7) is 6.01. The maximum absolute atomic E-state index is 14.0. The topological polar surface area (TPSA) is 85.8 Å². The molecule has 0 aliphatic heterocycles. The van der Waals surface area contributed by atoms with Gasteiger partial charge in [-0.3, -0.25) is 4.79 Å². The molecule has 1 heterocycles. The zero-order valence-corrected chi connectivity index (χ0v) is 17.4. The number of nitrogens with zero attached hydrogens (tertiary/aromatic N) is 3. The molecule has 0 unspecified atom stereocenters. The highest BCUT2D eigenvalue weighted by molar-refractivity contribution is 8.00. The average Bonchev–Trinajstić information content (AvgIpc) is 3.08. The van der Waals surface area contributed by atoms with Crippen molar-refractivity contribution in [2.75, 3.05) is 11.2 Å². The number of amides is 1. The Morgan fingerprint density at radius 1 is 1.17 bits per heavy atom. The van der Waals surface area contributed by atoms with Crippen molar-refractivity contribution in [1.82, 2.24) is 14.9 Å². The zero-order chi connectivity index (χ0) is 21.0. The molecule has 152 valence electrons. The van der Waals surface area contributed by atoms with Crippen LogP contribution in [0.15, 0.2) is 53.7 Å². The number of nitrogens with one attached hydrogen (secondary N) is 1. The summed E-state index contributed by atoms with van der Waals surface area (Å²) in [5.41, 5.74) is 2.17. The summed E-state index contributed by atoms with van der Waals surface area (Å²) < 4.78 is 15.2. The number of benzene rings is 2. The van der Waals surface area contributed by atoms with Crippen LogP contribution in [0.5, 0.6) is 0 Å². The fourth-order valence-electron chi connectivity index (χ4n) is 2.89. The number of carbonyl (C=O) groups is 1. The van der Waals surface area contributed by atoms with Crippen LogP contribution in [0.1, 0.15) is 38.7 Å². The predicted octanol–water partition coefficient (Wildman–Crippen LogP) is 4.43. The Morgan fingerprint density at radius 2 is 1.86 bits per heavy atom. The van der Waals surface area contributed by atoms with Gasteiger partial charge in [-0.15, -0.1) is 10.2 Å². The molecule has 0 fully saturated rings. The van der Waals surface area contributed by atoms with Gasteiger partial charge in [-0.25, -0.2) is 9.07 Å². The molecule has 0 saturated heterocycles. The number of hydrogen-bond donors (Lipinski definition) is 2. The maximum Gasteiger partial charge on any atom is 0.237 e. The third-order valence-corrected chi connectivity index (χ3v) is 5.85.